The van der Waals surface area contributed by atoms with Crippen LogP contribution in [0.15, 0.2) is 18.2 Å². The Morgan fingerprint density at radius 1 is 1.15 bits per heavy atom. The average molecular weight is 341 g/mol. The van der Waals surface area contributed by atoms with Gasteiger partial charge in [-0.15, -0.1) is 23.2 Å². The first-order chi connectivity index (χ1) is 9.21. The van der Waals surface area contributed by atoms with Crippen LogP contribution in [0.25, 0.3) is 0 Å². The van der Waals surface area contributed by atoms with Crippen molar-refractivity contribution in [3.8, 4) is 5.75 Å². The first-order valence-corrected chi connectivity index (χ1v) is 7.96. The van der Waals surface area contributed by atoms with Crippen molar-refractivity contribution in [2.45, 2.75) is 26.8 Å². The van der Waals surface area contributed by atoms with Crippen molar-refractivity contribution in [3.63, 3.8) is 0 Å². The quantitative estimate of drug-likeness (QED) is 0.607. The zero-order valence-electron chi connectivity index (χ0n) is 12.2. The van der Waals surface area contributed by atoms with Gasteiger partial charge in [-0.05, 0) is 25.5 Å². The molecule has 0 radical (unpaired) electrons. The Kier molecular flexibility index (Phi) is 11.4. The average Bonchev–Trinajstić information content (AvgIpc) is 2.38. The van der Waals surface area contributed by atoms with Gasteiger partial charge in [0.05, 0.1) is 31.5 Å². The normalized spacial score (nSPS) is 10.4. The number of benzene rings is 1. The summed E-state index contributed by atoms with van der Waals surface area (Å²) in [5, 5.41) is 0. The van der Waals surface area contributed by atoms with Crippen LogP contribution in [0.3, 0.4) is 0 Å². The van der Waals surface area contributed by atoms with Gasteiger partial charge in [0.15, 0.2) is 0 Å². The predicted octanol–water partition coefficient (Wildman–Crippen LogP) is -0.350. The number of hydrogen-bond donors (Lipinski definition) is 1. The van der Waals surface area contributed by atoms with E-state index < -0.39 is 0 Å². The van der Waals surface area contributed by atoms with Gasteiger partial charge in [-0.2, -0.15) is 0 Å². The second-order valence-electron chi connectivity index (χ2n) is 4.76. The first-order valence-electron chi connectivity index (χ1n) is 6.89. The largest absolute Gasteiger partial charge is 1.00 e. The maximum absolute atomic E-state index is 5.86. The van der Waals surface area contributed by atoms with Crippen LogP contribution in [-0.4, -0.2) is 31.5 Å². The van der Waals surface area contributed by atoms with E-state index in [9.17, 15) is 0 Å². The highest BCUT2D eigenvalue weighted by Gasteiger charge is 2.12. The Bertz CT molecular complexity index is 368. The van der Waals surface area contributed by atoms with Crippen LogP contribution in [0.2, 0.25) is 0 Å². The summed E-state index contributed by atoms with van der Waals surface area (Å²) in [7, 11) is 0. The highest BCUT2D eigenvalue weighted by molar-refractivity contribution is 6.18. The molecular weight excluding hydrogens is 317 g/mol. The summed E-state index contributed by atoms with van der Waals surface area (Å²) in [5.41, 5.74) is 2.51. The van der Waals surface area contributed by atoms with Crippen molar-refractivity contribution in [1.82, 2.24) is 0 Å². The van der Waals surface area contributed by atoms with Gasteiger partial charge in [-0.3, -0.25) is 0 Å². The van der Waals surface area contributed by atoms with Crippen molar-refractivity contribution in [2.24, 2.45) is 0 Å². The molecule has 5 heteroatoms. The molecule has 0 fully saturated rings. The molecule has 1 rings (SSSR count). The number of nitrogens with one attached hydrogen (secondary N) is 1. The van der Waals surface area contributed by atoms with Crippen molar-refractivity contribution in [2.75, 3.05) is 31.5 Å². The molecule has 0 aliphatic carbocycles. The van der Waals surface area contributed by atoms with E-state index in [0.717, 1.165) is 38.4 Å². The molecule has 0 aliphatic rings. The van der Waals surface area contributed by atoms with Gasteiger partial charge in [0.2, 0.25) is 0 Å². The van der Waals surface area contributed by atoms with E-state index in [1.165, 1.54) is 16.0 Å². The molecule has 0 heterocycles. The fourth-order valence-corrected chi connectivity index (χ4v) is 2.57. The first kappa shape index (κ1) is 19.9. The number of rotatable bonds is 9. The minimum atomic E-state index is 0. The topological polar surface area (TPSA) is 13.7 Å². The number of aryl methyl sites for hydroxylation is 1. The van der Waals surface area contributed by atoms with Gasteiger partial charge in [0.1, 0.15) is 12.3 Å². The summed E-state index contributed by atoms with van der Waals surface area (Å²) in [4.78, 5) is 1.40. The maximum atomic E-state index is 5.86. The van der Waals surface area contributed by atoms with Crippen molar-refractivity contribution < 1.29 is 22.0 Å². The fourth-order valence-electron chi connectivity index (χ4n) is 2.04. The molecule has 1 aromatic rings. The molecule has 0 bridgehead atoms. The second-order valence-corrected chi connectivity index (χ2v) is 5.52. The zero-order valence-corrected chi connectivity index (χ0v) is 14.5. The standard InChI is InChI=1S/C15H23Cl2NO.ClH/c1-3-10-19-15-5-4-13(2)11-14(15)12-18(8-6-16)9-7-17;/h4-5,11H,3,6-10,12H2,1-2H3;1H. The molecule has 0 aromatic heterocycles. The van der Waals surface area contributed by atoms with Gasteiger partial charge in [0, 0.05) is 5.56 Å². The van der Waals surface area contributed by atoms with Crippen LogP contribution in [0.5, 0.6) is 5.75 Å². The van der Waals surface area contributed by atoms with E-state index in [2.05, 4.69) is 32.0 Å². The van der Waals surface area contributed by atoms with E-state index in [4.69, 9.17) is 27.9 Å². The van der Waals surface area contributed by atoms with Gasteiger partial charge in [0.25, 0.3) is 0 Å². The monoisotopic (exact) mass is 339 g/mol. The number of hydrogen-bond acceptors (Lipinski definition) is 1. The third-order valence-corrected chi connectivity index (χ3v) is 3.39. The Labute approximate surface area is 138 Å². The Morgan fingerprint density at radius 2 is 1.80 bits per heavy atom. The van der Waals surface area contributed by atoms with E-state index in [1.54, 1.807) is 0 Å². The lowest BCUT2D eigenvalue weighted by Crippen LogP contribution is -3.11. The Morgan fingerprint density at radius 3 is 2.35 bits per heavy atom. The molecule has 0 spiro atoms. The summed E-state index contributed by atoms with van der Waals surface area (Å²) in [6, 6.07) is 6.37. The molecule has 116 valence electrons. The minimum absolute atomic E-state index is 0. The number of quaternary nitrogens is 1. The van der Waals surface area contributed by atoms with Crippen molar-refractivity contribution in [1.29, 1.82) is 0 Å². The van der Waals surface area contributed by atoms with E-state index in [0.29, 0.717) is 11.8 Å². The lowest BCUT2D eigenvalue weighted by Gasteiger charge is -2.19. The lowest BCUT2D eigenvalue weighted by molar-refractivity contribution is -0.909. The molecule has 20 heavy (non-hydrogen) atoms. The van der Waals surface area contributed by atoms with Crippen LogP contribution in [0.1, 0.15) is 24.5 Å². The van der Waals surface area contributed by atoms with Crippen molar-refractivity contribution >= 4 is 23.2 Å². The molecular formula is C15H24Cl3NO. The van der Waals surface area contributed by atoms with Gasteiger partial charge < -0.3 is 22.0 Å². The molecule has 1 aromatic carbocycles. The van der Waals surface area contributed by atoms with Crippen LogP contribution >= 0.6 is 23.2 Å². The molecule has 0 amide bonds. The van der Waals surface area contributed by atoms with Gasteiger partial charge in [-0.25, -0.2) is 0 Å². The van der Waals surface area contributed by atoms with Crippen LogP contribution in [-0.2, 0) is 6.54 Å². The Hall–Kier alpha value is -0.150. The summed E-state index contributed by atoms with van der Waals surface area (Å²) in [5.74, 6) is 2.31. The number of halogens is 3. The highest BCUT2D eigenvalue weighted by Crippen LogP contribution is 2.19. The van der Waals surface area contributed by atoms with E-state index in [-0.39, 0.29) is 12.4 Å². The smallest absolute Gasteiger partial charge is 0.128 e. The summed E-state index contributed by atoms with van der Waals surface area (Å²) < 4.78 is 5.82. The van der Waals surface area contributed by atoms with Crippen LogP contribution < -0.4 is 22.0 Å². The predicted molar refractivity (Wildman–Crippen MR) is 82.8 cm³/mol. The zero-order chi connectivity index (χ0) is 14.1. The summed E-state index contributed by atoms with van der Waals surface area (Å²) in [6.45, 7) is 7.75. The summed E-state index contributed by atoms with van der Waals surface area (Å²) >= 11 is 11.7. The van der Waals surface area contributed by atoms with Crippen LogP contribution in [0, 0.1) is 6.92 Å². The second kappa shape index (κ2) is 11.5. The lowest BCUT2D eigenvalue weighted by atomic mass is 10.1. The molecule has 0 unspecified atom stereocenters. The van der Waals surface area contributed by atoms with E-state index in [1.807, 2.05) is 0 Å². The number of ether oxygens (including phenoxy) is 1. The fraction of sp³-hybridized carbons (Fsp3) is 0.600. The summed E-state index contributed by atoms with van der Waals surface area (Å²) in [6.07, 6.45) is 1.02. The highest BCUT2D eigenvalue weighted by atomic mass is 35.5. The molecule has 2 nitrogen and oxygen atoms in total. The molecule has 0 saturated heterocycles. The van der Waals surface area contributed by atoms with E-state index >= 15 is 0 Å². The third-order valence-electron chi connectivity index (χ3n) is 3.01. The molecule has 0 aliphatic heterocycles. The minimum Gasteiger partial charge on any atom is -1.00 e. The number of alkyl halides is 2. The van der Waals surface area contributed by atoms with Crippen molar-refractivity contribution in [3.05, 3.63) is 29.3 Å². The Balaban J connectivity index is 0.00000361. The SMILES string of the molecule is CCCOc1ccc(C)cc1C[NH+](CCCl)CCCl.[Cl-]. The third kappa shape index (κ3) is 7.03. The molecule has 0 saturated carbocycles. The maximum Gasteiger partial charge on any atom is 0.128 e. The van der Waals surface area contributed by atoms with Gasteiger partial charge >= 0.3 is 0 Å². The molecule has 1 N–H and O–H groups in total. The van der Waals surface area contributed by atoms with Crippen LogP contribution in [0.4, 0.5) is 0 Å². The van der Waals surface area contributed by atoms with Gasteiger partial charge in [-0.1, -0.05) is 18.6 Å². The molecule has 0 atom stereocenters.